The number of benzene rings is 2. The molecule has 0 spiro atoms. The van der Waals surface area contributed by atoms with E-state index in [2.05, 4.69) is 5.32 Å². The van der Waals surface area contributed by atoms with Crippen molar-refractivity contribution in [3.8, 4) is 23.3 Å². The zero-order valence-corrected chi connectivity index (χ0v) is 13.6. The van der Waals surface area contributed by atoms with Crippen molar-refractivity contribution in [3.63, 3.8) is 0 Å². The predicted molar refractivity (Wildman–Crippen MR) is 92.6 cm³/mol. The van der Waals surface area contributed by atoms with Crippen LogP contribution in [0, 0.1) is 11.3 Å². The van der Waals surface area contributed by atoms with E-state index in [0.29, 0.717) is 41.7 Å². The third kappa shape index (κ3) is 3.72. The summed E-state index contributed by atoms with van der Waals surface area (Å²) >= 11 is 0. The molecule has 0 fully saturated rings. The molecule has 2 aromatic carbocycles. The Hall–Kier alpha value is -3.46. The summed E-state index contributed by atoms with van der Waals surface area (Å²) in [5.41, 5.74) is 1.15. The number of methoxy groups -OCH3 is 1. The van der Waals surface area contributed by atoms with E-state index in [4.69, 9.17) is 14.2 Å². The van der Waals surface area contributed by atoms with Crippen molar-refractivity contribution in [1.29, 1.82) is 5.26 Å². The van der Waals surface area contributed by atoms with Gasteiger partial charge >= 0.3 is 0 Å². The number of amides is 1. The van der Waals surface area contributed by atoms with E-state index in [9.17, 15) is 10.1 Å². The Morgan fingerprint density at radius 2 is 1.96 bits per heavy atom. The maximum Gasteiger partial charge on any atom is 0.266 e. The van der Waals surface area contributed by atoms with Crippen LogP contribution < -0.4 is 19.5 Å². The third-order valence-corrected chi connectivity index (χ3v) is 3.60. The fraction of sp³-hybridized carbons (Fsp3) is 0.158. The smallest absolute Gasteiger partial charge is 0.266 e. The molecule has 1 aliphatic heterocycles. The van der Waals surface area contributed by atoms with Gasteiger partial charge in [-0.1, -0.05) is 18.2 Å². The number of nitriles is 1. The second kappa shape index (κ2) is 7.41. The lowest BCUT2D eigenvalue weighted by Crippen LogP contribution is -2.17. The van der Waals surface area contributed by atoms with Gasteiger partial charge in [-0.2, -0.15) is 5.26 Å². The first kappa shape index (κ1) is 16.4. The first-order valence-corrected chi connectivity index (χ1v) is 7.67. The summed E-state index contributed by atoms with van der Waals surface area (Å²) in [6.07, 6.45) is 1.49. The van der Waals surface area contributed by atoms with Crippen LogP contribution in [0.15, 0.2) is 48.0 Å². The first-order chi connectivity index (χ1) is 12.2. The zero-order chi connectivity index (χ0) is 17.6. The van der Waals surface area contributed by atoms with Gasteiger partial charge in [-0.05, 0) is 24.3 Å². The first-order valence-electron chi connectivity index (χ1n) is 7.67. The number of carbonyl (C=O) groups excluding carboxylic acids is 1. The molecule has 0 saturated carbocycles. The van der Waals surface area contributed by atoms with Crippen molar-refractivity contribution in [1.82, 2.24) is 0 Å². The number of para-hydroxylation sites is 1. The molecule has 0 aliphatic carbocycles. The van der Waals surface area contributed by atoms with Crippen LogP contribution in [0.5, 0.6) is 17.2 Å². The van der Waals surface area contributed by atoms with Crippen LogP contribution in [0.4, 0.5) is 5.69 Å². The molecule has 0 saturated heterocycles. The molecule has 1 amide bonds. The topological polar surface area (TPSA) is 80.6 Å². The highest BCUT2D eigenvalue weighted by atomic mass is 16.6. The Bertz CT molecular complexity index is 868. The van der Waals surface area contributed by atoms with Crippen molar-refractivity contribution < 1.29 is 19.0 Å². The molecule has 3 rings (SSSR count). The predicted octanol–water partition coefficient (Wildman–Crippen LogP) is 3.01. The second-order valence-electron chi connectivity index (χ2n) is 5.22. The third-order valence-electron chi connectivity index (χ3n) is 3.60. The lowest BCUT2D eigenvalue weighted by Gasteiger charge is -2.18. The van der Waals surface area contributed by atoms with E-state index in [-0.39, 0.29) is 5.57 Å². The molecule has 6 nitrogen and oxygen atoms in total. The summed E-state index contributed by atoms with van der Waals surface area (Å²) in [7, 11) is 1.54. The summed E-state index contributed by atoms with van der Waals surface area (Å²) < 4.78 is 16.2. The lowest BCUT2D eigenvalue weighted by molar-refractivity contribution is -0.112. The largest absolute Gasteiger partial charge is 0.496 e. The number of rotatable bonds is 4. The number of nitrogens with zero attached hydrogens (tertiary/aromatic N) is 1. The van der Waals surface area contributed by atoms with E-state index >= 15 is 0 Å². The Kier molecular flexibility index (Phi) is 4.86. The van der Waals surface area contributed by atoms with Crippen molar-refractivity contribution in [2.24, 2.45) is 0 Å². The number of nitrogens with one attached hydrogen (secondary N) is 1. The molecule has 0 atom stereocenters. The second-order valence-corrected chi connectivity index (χ2v) is 5.22. The van der Waals surface area contributed by atoms with Crippen LogP contribution in [0.3, 0.4) is 0 Å². The van der Waals surface area contributed by atoms with Crippen molar-refractivity contribution >= 4 is 17.7 Å². The Balaban J connectivity index is 1.81. The van der Waals surface area contributed by atoms with Crippen molar-refractivity contribution in [2.75, 3.05) is 25.6 Å². The molecule has 2 aromatic rings. The standard InChI is InChI=1S/C19H16N2O4/c1-23-16-5-3-2-4-13(16)10-14(12-20)19(22)21-15-6-7-17-18(11-15)25-9-8-24-17/h2-7,10-11H,8-9H2,1H3,(H,21,22)/b14-10+. The summed E-state index contributed by atoms with van der Waals surface area (Å²) in [6, 6.07) is 14.2. The summed E-state index contributed by atoms with van der Waals surface area (Å²) in [6.45, 7) is 0.959. The van der Waals surface area contributed by atoms with Gasteiger partial charge in [0.1, 0.15) is 30.6 Å². The maximum atomic E-state index is 12.4. The highest BCUT2D eigenvalue weighted by molar-refractivity contribution is 6.09. The van der Waals surface area contributed by atoms with Gasteiger partial charge in [-0.3, -0.25) is 4.79 Å². The summed E-state index contributed by atoms with van der Waals surface area (Å²) in [5.74, 6) is 1.28. The molecule has 1 aliphatic rings. The van der Waals surface area contributed by atoms with E-state index in [1.165, 1.54) is 13.2 Å². The Morgan fingerprint density at radius 1 is 1.20 bits per heavy atom. The Morgan fingerprint density at radius 3 is 2.72 bits per heavy atom. The van der Waals surface area contributed by atoms with E-state index in [1.807, 2.05) is 18.2 Å². The van der Waals surface area contributed by atoms with Crippen LogP contribution in [0.1, 0.15) is 5.56 Å². The van der Waals surface area contributed by atoms with Crippen LogP contribution in [-0.2, 0) is 4.79 Å². The summed E-state index contributed by atoms with van der Waals surface area (Å²) in [5, 5.41) is 12.0. The highest BCUT2D eigenvalue weighted by Gasteiger charge is 2.15. The average molecular weight is 336 g/mol. The molecular formula is C19H16N2O4. The monoisotopic (exact) mass is 336 g/mol. The number of anilines is 1. The minimum atomic E-state index is -0.509. The fourth-order valence-corrected chi connectivity index (χ4v) is 2.41. The summed E-state index contributed by atoms with van der Waals surface area (Å²) in [4.78, 5) is 12.4. The average Bonchev–Trinajstić information content (AvgIpc) is 2.66. The van der Waals surface area contributed by atoms with E-state index in [0.717, 1.165) is 0 Å². The van der Waals surface area contributed by atoms with Gasteiger partial charge in [0, 0.05) is 17.3 Å². The molecule has 0 radical (unpaired) electrons. The fourth-order valence-electron chi connectivity index (χ4n) is 2.41. The molecule has 25 heavy (non-hydrogen) atoms. The number of hydrogen-bond donors (Lipinski definition) is 1. The molecule has 0 bridgehead atoms. The van der Waals surface area contributed by atoms with E-state index in [1.54, 1.807) is 30.3 Å². The van der Waals surface area contributed by atoms with Crippen molar-refractivity contribution in [2.45, 2.75) is 0 Å². The molecule has 0 aromatic heterocycles. The zero-order valence-electron chi connectivity index (χ0n) is 13.6. The molecule has 1 N–H and O–H groups in total. The number of ether oxygens (including phenoxy) is 3. The number of hydrogen-bond acceptors (Lipinski definition) is 5. The Labute approximate surface area is 145 Å². The van der Waals surface area contributed by atoms with Gasteiger partial charge in [0.05, 0.1) is 7.11 Å². The molecule has 126 valence electrons. The molecule has 0 unspecified atom stereocenters. The highest BCUT2D eigenvalue weighted by Crippen LogP contribution is 2.32. The minimum Gasteiger partial charge on any atom is -0.496 e. The van der Waals surface area contributed by atoms with Crippen LogP contribution >= 0.6 is 0 Å². The SMILES string of the molecule is COc1ccccc1/C=C(\C#N)C(=O)Nc1ccc2c(c1)OCCO2. The maximum absolute atomic E-state index is 12.4. The molecule has 6 heteroatoms. The van der Waals surface area contributed by atoms with E-state index < -0.39 is 5.91 Å². The lowest BCUT2D eigenvalue weighted by atomic mass is 10.1. The van der Waals surface area contributed by atoms with Gasteiger partial charge < -0.3 is 19.5 Å². The normalized spacial score (nSPS) is 12.9. The molecular weight excluding hydrogens is 320 g/mol. The van der Waals surface area contributed by atoms with Crippen molar-refractivity contribution in [3.05, 3.63) is 53.6 Å². The van der Waals surface area contributed by atoms with Gasteiger partial charge in [0.15, 0.2) is 11.5 Å². The minimum absolute atomic E-state index is 0.0283. The van der Waals surface area contributed by atoms with Crippen LogP contribution in [0.2, 0.25) is 0 Å². The van der Waals surface area contributed by atoms with Gasteiger partial charge in [-0.25, -0.2) is 0 Å². The van der Waals surface area contributed by atoms with Gasteiger partial charge in [0.25, 0.3) is 5.91 Å². The van der Waals surface area contributed by atoms with Gasteiger partial charge in [0.2, 0.25) is 0 Å². The van der Waals surface area contributed by atoms with Crippen LogP contribution in [-0.4, -0.2) is 26.2 Å². The van der Waals surface area contributed by atoms with Gasteiger partial charge in [-0.15, -0.1) is 0 Å². The number of carbonyl (C=O) groups is 1. The molecule has 1 heterocycles. The number of fused-ring (bicyclic) bond motifs is 1. The van der Waals surface area contributed by atoms with Crippen LogP contribution in [0.25, 0.3) is 6.08 Å². The quantitative estimate of drug-likeness (QED) is 0.686.